The Balaban J connectivity index is 1.91. The molecule has 0 saturated heterocycles. The molecule has 5 nitrogen and oxygen atoms in total. The maximum atomic E-state index is 13.5. The highest BCUT2D eigenvalue weighted by Gasteiger charge is 2.38. The molecule has 3 rings (SSSR count). The van der Waals surface area contributed by atoms with E-state index in [4.69, 9.17) is 0 Å². The number of nitrogens with zero attached hydrogens (tertiary/aromatic N) is 3. The van der Waals surface area contributed by atoms with E-state index in [0.29, 0.717) is 13.1 Å². The normalized spacial score (nSPS) is 18.0. The molecule has 0 radical (unpaired) electrons. The Morgan fingerprint density at radius 3 is 2.64 bits per heavy atom. The Bertz CT molecular complexity index is 857. The highest BCUT2D eigenvalue weighted by molar-refractivity contribution is 5.98. The topological polar surface area (TPSA) is 57.6 Å². The molecule has 5 heteroatoms. The number of nitrogens with one attached hydrogen (secondary N) is 1. The van der Waals surface area contributed by atoms with Crippen molar-refractivity contribution >= 4 is 12.6 Å². The molecule has 1 fully saturated rings. The van der Waals surface area contributed by atoms with Gasteiger partial charge in [0, 0.05) is 47.6 Å². The first-order chi connectivity index (χ1) is 13.3. The average molecular weight is 381 g/mol. The molecule has 150 valence electrons. The van der Waals surface area contributed by atoms with Crippen molar-refractivity contribution in [2.75, 3.05) is 6.54 Å². The lowest BCUT2D eigenvalue weighted by molar-refractivity contribution is -0.127. The first-order valence-corrected chi connectivity index (χ1v) is 10.2. The summed E-state index contributed by atoms with van der Waals surface area (Å²) < 4.78 is 0. The van der Waals surface area contributed by atoms with Crippen LogP contribution in [-0.4, -0.2) is 34.6 Å². The zero-order chi connectivity index (χ0) is 20.5. The molecule has 1 aliphatic heterocycles. The minimum absolute atomic E-state index is 0.0759. The molecule has 1 amide bonds. The molecule has 1 aromatic rings. The van der Waals surface area contributed by atoms with Crippen LogP contribution >= 0.6 is 0 Å². The summed E-state index contributed by atoms with van der Waals surface area (Å²) in [6.45, 7) is 15.3. The fourth-order valence-corrected chi connectivity index (χ4v) is 3.77. The third kappa shape index (κ3) is 4.18. The molecule has 1 saturated carbocycles. The second-order valence-electron chi connectivity index (χ2n) is 8.43. The Hall–Kier alpha value is -2.43. The predicted molar refractivity (Wildman–Crippen MR) is 114 cm³/mol. The number of aliphatic imine (C=N–C) groups is 1. The van der Waals surface area contributed by atoms with Crippen molar-refractivity contribution in [1.82, 2.24) is 15.2 Å². The summed E-state index contributed by atoms with van der Waals surface area (Å²) in [6, 6.07) is 4.12. The van der Waals surface area contributed by atoms with E-state index in [1.165, 1.54) is 0 Å². The largest absolute Gasteiger partial charge is 0.365 e. The van der Waals surface area contributed by atoms with Crippen LogP contribution in [0.3, 0.4) is 0 Å². The van der Waals surface area contributed by atoms with Crippen LogP contribution in [0.4, 0.5) is 0 Å². The number of amides is 1. The number of hydrogen-bond donors (Lipinski definition) is 1. The minimum atomic E-state index is 0.0759. The monoisotopic (exact) mass is 380 g/mol. The molecule has 1 aliphatic carbocycles. The second-order valence-corrected chi connectivity index (χ2v) is 8.43. The van der Waals surface area contributed by atoms with Gasteiger partial charge in [0.1, 0.15) is 5.82 Å². The van der Waals surface area contributed by atoms with Gasteiger partial charge in [-0.05, 0) is 65.3 Å². The van der Waals surface area contributed by atoms with Gasteiger partial charge in [0.05, 0.1) is 0 Å². The number of carbonyl (C=O) groups excluding carboxylic acids is 1. The summed E-state index contributed by atoms with van der Waals surface area (Å²) in [4.78, 5) is 24.4. The fraction of sp³-hybridized carbons (Fsp3) is 0.522. The number of aromatic nitrogens is 1. The van der Waals surface area contributed by atoms with Crippen LogP contribution in [0.5, 0.6) is 0 Å². The molecule has 0 unspecified atom stereocenters. The van der Waals surface area contributed by atoms with Gasteiger partial charge in [0.15, 0.2) is 0 Å². The van der Waals surface area contributed by atoms with Crippen molar-refractivity contribution in [1.29, 1.82) is 0 Å². The van der Waals surface area contributed by atoms with Gasteiger partial charge in [-0.1, -0.05) is 18.6 Å². The van der Waals surface area contributed by atoms with Crippen molar-refractivity contribution in [3.05, 3.63) is 51.6 Å². The highest BCUT2D eigenvalue weighted by atomic mass is 16.2. The van der Waals surface area contributed by atoms with E-state index in [1.54, 1.807) is 0 Å². The molecule has 28 heavy (non-hydrogen) atoms. The van der Waals surface area contributed by atoms with Gasteiger partial charge in [0.25, 0.3) is 5.91 Å². The predicted octanol–water partition coefficient (Wildman–Crippen LogP) is 4.08. The van der Waals surface area contributed by atoms with Gasteiger partial charge in [0.2, 0.25) is 0 Å². The minimum Gasteiger partial charge on any atom is -0.365 e. The number of aryl methyl sites for hydroxylation is 1. The van der Waals surface area contributed by atoms with Gasteiger partial charge in [-0.25, -0.2) is 4.99 Å². The van der Waals surface area contributed by atoms with Crippen molar-refractivity contribution in [2.24, 2.45) is 4.99 Å². The summed E-state index contributed by atoms with van der Waals surface area (Å²) in [5.74, 6) is 0.828. The zero-order valence-electron chi connectivity index (χ0n) is 17.9. The van der Waals surface area contributed by atoms with Crippen LogP contribution in [0.15, 0.2) is 39.7 Å². The summed E-state index contributed by atoms with van der Waals surface area (Å²) in [6.07, 6.45) is 3.77. The number of pyridine rings is 1. The molecular weight excluding hydrogens is 348 g/mol. The van der Waals surface area contributed by atoms with Crippen molar-refractivity contribution in [3.63, 3.8) is 0 Å². The smallest absolute Gasteiger partial charge is 0.254 e. The number of rotatable bonds is 6. The third-order valence-electron chi connectivity index (χ3n) is 5.71. The Morgan fingerprint density at radius 2 is 2.07 bits per heavy atom. The first kappa shape index (κ1) is 20.3. The third-order valence-corrected chi connectivity index (χ3v) is 5.71. The van der Waals surface area contributed by atoms with Crippen molar-refractivity contribution < 1.29 is 4.79 Å². The van der Waals surface area contributed by atoms with Crippen LogP contribution in [0.1, 0.15) is 63.9 Å². The van der Waals surface area contributed by atoms with Crippen LogP contribution in [0, 0.1) is 6.92 Å². The van der Waals surface area contributed by atoms with E-state index in [-0.39, 0.29) is 11.4 Å². The van der Waals surface area contributed by atoms with Gasteiger partial charge in [-0.3, -0.25) is 9.78 Å². The Morgan fingerprint density at radius 1 is 1.36 bits per heavy atom. The fourth-order valence-electron chi connectivity index (χ4n) is 3.77. The zero-order valence-corrected chi connectivity index (χ0v) is 17.9. The molecule has 0 spiro atoms. The molecule has 1 N–H and O–H groups in total. The second kappa shape index (κ2) is 7.90. The maximum Gasteiger partial charge on any atom is 0.254 e. The summed E-state index contributed by atoms with van der Waals surface area (Å²) in [7, 11) is 0. The first-order valence-electron chi connectivity index (χ1n) is 10.2. The summed E-state index contributed by atoms with van der Waals surface area (Å²) in [5.41, 5.74) is 6.11. The van der Waals surface area contributed by atoms with E-state index in [1.807, 2.05) is 31.7 Å². The van der Waals surface area contributed by atoms with Gasteiger partial charge < -0.3 is 10.2 Å². The Kier molecular flexibility index (Phi) is 5.73. The van der Waals surface area contributed by atoms with Gasteiger partial charge >= 0.3 is 0 Å². The van der Waals surface area contributed by atoms with E-state index < -0.39 is 0 Å². The average Bonchev–Trinajstić information content (AvgIpc) is 3.40. The highest BCUT2D eigenvalue weighted by Crippen LogP contribution is 2.37. The van der Waals surface area contributed by atoms with Crippen molar-refractivity contribution in [3.8, 4) is 0 Å². The molecule has 2 heterocycles. The van der Waals surface area contributed by atoms with Gasteiger partial charge in [-0.15, -0.1) is 0 Å². The number of fused-ring (bicyclic) bond motifs is 1. The van der Waals surface area contributed by atoms with Crippen LogP contribution in [0.25, 0.3) is 0 Å². The lowest BCUT2D eigenvalue weighted by Gasteiger charge is -2.30. The van der Waals surface area contributed by atoms with E-state index in [9.17, 15) is 4.79 Å². The summed E-state index contributed by atoms with van der Waals surface area (Å²) in [5, 5.41) is 3.52. The standard InChI is InChI=1S/C23H32N4O/c1-7-18(21(24-6)26-23(5)11-12-23)20(15(2)3)22(28)27-13-10-19-17(14-27)9-8-16(4)25-19/h8-9,26H,6-7,10-14H2,1-5H3/b21-18-. The molecular formula is C23H32N4O. The molecule has 2 aliphatic rings. The number of hydrogen-bond acceptors (Lipinski definition) is 4. The quantitative estimate of drug-likeness (QED) is 0.460. The van der Waals surface area contributed by atoms with Crippen LogP contribution < -0.4 is 5.32 Å². The van der Waals surface area contributed by atoms with Gasteiger partial charge in [-0.2, -0.15) is 0 Å². The SMILES string of the molecule is C=N/C(NC1(C)CC1)=C(\CC)C(C(=O)N1CCc2nc(C)ccc2C1)=C(C)C. The Labute approximate surface area is 168 Å². The number of carbonyl (C=O) groups is 1. The molecule has 0 aromatic carbocycles. The van der Waals surface area contributed by atoms with E-state index in [0.717, 1.165) is 65.2 Å². The van der Waals surface area contributed by atoms with Crippen LogP contribution in [-0.2, 0) is 17.8 Å². The van der Waals surface area contributed by atoms with E-state index in [2.05, 4.69) is 41.9 Å². The maximum absolute atomic E-state index is 13.5. The summed E-state index contributed by atoms with van der Waals surface area (Å²) >= 11 is 0. The van der Waals surface area contributed by atoms with Crippen molar-refractivity contribution in [2.45, 2.75) is 72.4 Å². The number of allylic oxidation sites excluding steroid dienone is 1. The molecule has 0 bridgehead atoms. The lowest BCUT2D eigenvalue weighted by atomic mass is 9.95. The van der Waals surface area contributed by atoms with Crippen LogP contribution in [0.2, 0.25) is 0 Å². The lowest BCUT2D eigenvalue weighted by Crippen LogP contribution is -2.38. The molecule has 0 atom stereocenters. The van der Waals surface area contributed by atoms with E-state index >= 15 is 0 Å². The molecule has 1 aromatic heterocycles.